The van der Waals surface area contributed by atoms with E-state index in [1.165, 1.54) is 17.0 Å². The Kier molecular flexibility index (Phi) is 3.85. The van der Waals surface area contributed by atoms with Gasteiger partial charge < -0.3 is 9.32 Å². The predicted octanol–water partition coefficient (Wildman–Crippen LogP) is 3.55. The zero-order valence-electron chi connectivity index (χ0n) is 12.7. The molecule has 1 amide bonds. The van der Waals surface area contributed by atoms with Crippen LogP contribution in [-0.4, -0.2) is 29.4 Å². The number of carbonyl (C=O) groups is 1. The number of hydrogen-bond acceptors (Lipinski definition) is 4. The molecule has 0 spiro atoms. The van der Waals surface area contributed by atoms with Gasteiger partial charge >= 0.3 is 0 Å². The van der Waals surface area contributed by atoms with Crippen molar-refractivity contribution in [1.29, 1.82) is 0 Å². The van der Waals surface area contributed by atoms with Gasteiger partial charge in [-0.2, -0.15) is 0 Å². The van der Waals surface area contributed by atoms with E-state index < -0.39 is 0 Å². The molecule has 0 saturated carbocycles. The summed E-state index contributed by atoms with van der Waals surface area (Å²) in [5.74, 6) is 1.07. The largest absolute Gasteiger partial charge is 0.469 e. The van der Waals surface area contributed by atoms with Gasteiger partial charge in [0.2, 0.25) is 0 Å². The van der Waals surface area contributed by atoms with Crippen LogP contribution in [0.1, 0.15) is 50.5 Å². The first-order valence-electron chi connectivity index (χ1n) is 7.32. The van der Waals surface area contributed by atoms with E-state index >= 15 is 0 Å². The molecule has 1 unspecified atom stereocenters. The second-order valence-corrected chi connectivity index (χ2v) is 6.99. The van der Waals surface area contributed by atoms with Crippen LogP contribution in [0, 0.1) is 13.8 Å². The first kappa shape index (κ1) is 14.3. The van der Waals surface area contributed by atoms with E-state index in [1.54, 1.807) is 28.6 Å². The van der Waals surface area contributed by atoms with Crippen molar-refractivity contribution in [3.63, 3.8) is 0 Å². The summed E-state index contributed by atoms with van der Waals surface area (Å²) in [6.45, 7) is 4.60. The highest BCUT2D eigenvalue weighted by atomic mass is 32.1. The Labute approximate surface area is 128 Å². The number of hydrogen-bond donors (Lipinski definition) is 0. The number of carbonyl (C=O) groups excluding carboxylic acids is 1. The molecule has 1 atom stereocenters. The average molecular weight is 304 g/mol. The molecule has 2 aromatic heterocycles. The average Bonchev–Trinajstić information content (AvgIpc) is 3.03. The number of rotatable bonds is 3. The van der Waals surface area contributed by atoms with Gasteiger partial charge in [-0.3, -0.25) is 4.79 Å². The molecule has 2 aromatic rings. The number of aromatic nitrogens is 1. The monoisotopic (exact) mass is 304 g/mol. The number of furan rings is 1. The highest BCUT2D eigenvalue weighted by Crippen LogP contribution is 2.35. The van der Waals surface area contributed by atoms with Gasteiger partial charge in [0.15, 0.2) is 0 Å². The molecular formula is C16H20N2O2S. The minimum Gasteiger partial charge on any atom is -0.469 e. The summed E-state index contributed by atoms with van der Waals surface area (Å²) in [5, 5.41) is 1.13. The lowest BCUT2D eigenvalue weighted by molar-refractivity contribution is 0.0781. The molecule has 5 heteroatoms. The van der Waals surface area contributed by atoms with Crippen LogP contribution in [0.5, 0.6) is 0 Å². The molecule has 1 aliphatic carbocycles. The number of amides is 1. The Hall–Kier alpha value is -1.62. The Bertz CT molecular complexity index is 659. The zero-order chi connectivity index (χ0) is 15.0. The van der Waals surface area contributed by atoms with Crippen molar-refractivity contribution < 1.29 is 9.21 Å². The minimum atomic E-state index is 0.0281. The lowest BCUT2D eigenvalue weighted by Crippen LogP contribution is -2.32. The number of thiazole rings is 1. The summed E-state index contributed by atoms with van der Waals surface area (Å²) in [4.78, 5) is 20.4. The Morgan fingerprint density at radius 3 is 3.05 bits per heavy atom. The van der Waals surface area contributed by atoms with Gasteiger partial charge in [-0.05, 0) is 39.2 Å². The van der Waals surface area contributed by atoms with Gasteiger partial charge in [0, 0.05) is 24.4 Å². The summed E-state index contributed by atoms with van der Waals surface area (Å²) < 4.78 is 5.23. The smallest absolute Gasteiger partial charge is 0.257 e. The maximum atomic E-state index is 12.5. The van der Waals surface area contributed by atoms with Crippen LogP contribution in [0.3, 0.4) is 0 Å². The number of fused-ring (bicyclic) bond motifs is 1. The van der Waals surface area contributed by atoms with E-state index in [0.29, 0.717) is 17.2 Å². The summed E-state index contributed by atoms with van der Waals surface area (Å²) in [5.41, 5.74) is 1.87. The summed E-state index contributed by atoms with van der Waals surface area (Å²) >= 11 is 1.80. The molecule has 1 aliphatic rings. The molecule has 0 bridgehead atoms. The summed E-state index contributed by atoms with van der Waals surface area (Å²) in [7, 11) is 1.86. The van der Waals surface area contributed by atoms with E-state index in [9.17, 15) is 4.79 Å². The van der Waals surface area contributed by atoms with Crippen molar-refractivity contribution in [2.45, 2.75) is 39.0 Å². The van der Waals surface area contributed by atoms with Crippen LogP contribution in [0.2, 0.25) is 0 Å². The van der Waals surface area contributed by atoms with Gasteiger partial charge in [-0.25, -0.2) is 4.98 Å². The van der Waals surface area contributed by atoms with E-state index in [-0.39, 0.29) is 5.91 Å². The molecule has 3 rings (SSSR count). The van der Waals surface area contributed by atoms with E-state index in [0.717, 1.165) is 24.4 Å². The molecule has 0 fully saturated rings. The molecule has 112 valence electrons. The highest BCUT2D eigenvalue weighted by Gasteiger charge is 2.27. The van der Waals surface area contributed by atoms with Crippen molar-refractivity contribution in [3.05, 3.63) is 39.2 Å². The van der Waals surface area contributed by atoms with Crippen molar-refractivity contribution in [2.24, 2.45) is 0 Å². The number of nitrogens with zero attached hydrogens (tertiary/aromatic N) is 2. The fraction of sp³-hybridized carbons (Fsp3) is 0.500. The maximum absolute atomic E-state index is 12.5. The third-order valence-corrected chi connectivity index (χ3v) is 5.15. The van der Waals surface area contributed by atoms with Crippen LogP contribution in [0.4, 0.5) is 0 Å². The molecule has 2 heterocycles. The standard InChI is InChI=1S/C16H20N2O2S/c1-10-13(7-8-20-10)16(19)18(3)9-12-5-4-6-14-15(12)17-11(2)21-14/h7-8,12H,4-6,9H2,1-3H3. The third-order valence-electron chi connectivity index (χ3n) is 4.11. The van der Waals surface area contributed by atoms with E-state index in [2.05, 4.69) is 11.9 Å². The normalized spacial score (nSPS) is 17.6. The molecule has 0 saturated heterocycles. The van der Waals surface area contributed by atoms with Gasteiger partial charge in [-0.15, -0.1) is 11.3 Å². The molecule has 4 nitrogen and oxygen atoms in total. The molecule has 0 aliphatic heterocycles. The minimum absolute atomic E-state index is 0.0281. The number of aryl methyl sites for hydroxylation is 3. The first-order valence-corrected chi connectivity index (χ1v) is 8.13. The van der Waals surface area contributed by atoms with Crippen LogP contribution < -0.4 is 0 Å². The lowest BCUT2D eigenvalue weighted by atomic mass is 9.90. The SMILES string of the molecule is Cc1nc2c(s1)CCCC2CN(C)C(=O)c1ccoc1C. The zero-order valence-corrected chi connectivity index (χ0v) is 13.5. The van der Waals surface area contributed by atoms with Gasteiger partial charge in [0.05, 0.1) is 22.5 Å². The first-order chi connectivity index (χ1) is 10.1. The third kappa shape index (κ3) is 2.75. The summed E-state index contributed by atoms with van der Waals surface area (Å²) in [6, 6.07) is 1.74. The van der Waals surface area contributed by atoms with Gasteiger partial charge in [-0.1, -0.05) is 0 Å². The van der Waals surface area contributed by atoms with Gasteiger partial charge in [0.25, 0.3) is 5.91 Å². The Balaban J connectivity index is 1.75. The second kappa shape index (κ2) is 5.64. The summed E-state index contributed by atoms with van der Waals surface area (Å²) in [6.07, 6.45) is 5.00. The van der Waals surface area contributed by atoms with Crippen molar-refractivity contribution in [2.75, 3.05) is 13.6 Å². The Morgan fingerprint density at radius 1 is 1.52 bits per heavy atom. The van der Waals surface area contributed by atoms with Crippen LogP contribution in [-0.2, 0) is 6.42 Å². The fourth-order valence-electron chi connectivity index (χ4n) is 3.03. The Morgan fingerprint density at radius 2 is 2.33 bits per heavy atom. The van der Waals surface area contributed by atoms with Crippen LogP contribution >= 0.6 is 11.3 Å². The van der Waals surface area contributed by atoms with E-state index in [4.69, 9.17) is 4.42 Å². The quantitative estimate of drug-likeness (QED) is 0.871. The molecule has 0 N–H and O–H groups in total. The van der Waals surface area contributed by atoms with Gasteiger partial charge in [0.1, 0.15) is 5.76 Å². The highest BCUT2D eigenvalue weighted by molar-refractivity contribution is 7.11. The molecule has 21 heavy (non-hydrogen) atoms. The molecule has 0 aromatic carbocycles. The second-order valence-electron chi connectivity index (χ2n) is 5.71. The van der Waals surface area contributed by atoms with Crippen molar-refractivity contribution in [1.82, 2.24) is 9.88 Å². The fourth-order valence-corrected chi connectivity index (χ4v) is 4.10. The number of likely N-dealkylation sites (N-methyl/N-ethyl adjacent to an activating group) is 1. The molecule has 0 radical (unpaired) electrons. The predicted molar refractivity (Wildman–Crippen MR) is 82.9 cm³/mol. The molecular weight excluding hydrogens is 284 g/mol. The van der Waals surface area contributed by atoms with Crippen molar-refractivity contribution >= 4 is 17.2 Å². The van der Waals surface area contributed by atoms with E-state index in [1.807, 2.05) is 14.0 Å². The topological polar surface area (TPSA) is 46.3 Å². The van der Waals surface area contributed by atoms with Crippen molar-refractivity contribution in [3.8, 4) is 0 Å². The maximum Gasteiger partial charge on any atom is 0.257 e. The van der Waals surface area contributed by atoms with Crippen LogP contribution in [0.25, 0.3) is 0 Å². The van der Waals surface area contributed by atoms with Crippen LogP contribution in [0.15, 0.2) is 16.7 Å². The lowest BCUT2D eigenvalue weighted by Gasteiger charge is -2.26.